The van der Waals surface area contributed by atoms with Crippen molar-refractivity contribution in [3.8, 4) is 0 Å². The van der Waals surface area contributed by atoms with Crippen LogP contribution in [0.1, 0.15) is 0 Å². The van der Waals surface area contributed by atoms with Gasteiger partial charge >= 0.3 is 34.2 Å². The molecule has 0 bridgehead atoms. The van der Waals surface area contributed by atoms with Gasteiger partial charge in [-0.25, -0.2) is 0 Å². The molecule has 70 valence electrons. The van der Waals surface area contributed by atoms with Gasteiger partial charge in [-0.1, -0.05) is 6.07 Å². The van der Waals surface area contributed by atoms with Crippen LogP contribution in [0.25, 0.3) is 0 Å². The fourth-order valence-corrected chi connectivity index (χ4v) is 0.313. The van der Waals surface area contributed by atoms with Gasteiger partial charge in [0, 0.05) is 12.4 Å². The first kappa shape index (κ1) is 14.4. The van der Waals surface area contributed by atoms with E-state index in [4.69, 9.17) is 11.8 Å². The zero-order valence-corrected chi connectivity index (χ0v) is 8.64. The zero-order valence-electron chi connectivity index (χ0n) is 5.79. The third-order valence-corrected chi connectivity index (χ3v) is 0.566. The summed E-state index contributed by atoms with van der Waals surface area (Å²) in [6, 6.07) is 5.72. The molecular formula is C5H7Cl2CrNO3. The number of hydrogen-bond donors (Lipinski definition) is 1. The van der Waals surface area contributed by atoms with Gasteiger partial charge in [0.2, 0.25) is 0 Å². The second-order valence-corrected chi connectivity index (χ2v) is 4.33. The van der Waals surface area contributed by atoms with Crippen molar-refractivity contribution in [2.75, 3.05) is 0 Å². The largest absolute Gasteiger partial charge is 0.265 e. The molecule has 0 fully saturated rings. The van der Waals surface area contributed by atoms with Gasteiger partial charge in [-0.3, -0.25) is 4.98 Å². The number of hydrogen-bond acceptors (Lipinski definition) is 3. The van der Waals surface area contributed by atoms with Crippen LogP contribution in [0.2, 0.25) is 0 Å². The summed E-state index contributed by atoms with van der Waals surface area (Å²) in [5.74, 6) is 0. The Labute approximate surface area is 82.2 Å². The molecule has 1 N–H and O–H groups in total. The van der Waals surface area contributed by atoms with E-state index in [1.807, 2.05) is 18.2 Å². The van der Waals surface area contributed by atoms with E-state index in [0.717, 1.165) is 0 Å². The van der Waals surface area contributed by atoms with E-state index in [1.54, 1.807) is 12.4 Å². The Balaban J connectivity index is 0. The third-order valence-electron chi connectivity index (χ3n) is 0.566. The Hall–Kier alpha value is -0.178. The molecule has 1 rings (SSSR count). The maximum atomic E-state index is 9.03. The van der Waals surface area contributed by atoms with Crippen LogP contribution >= 0.6 is 22.5 Å². The van der Waals surface area contributed by atoms with Gasteiger partial charge in [0.15, 0.2) is 0 Å². The van der Waals surface area contributed by atoms with Crippen LogP contribution in [0.4, 0.5) is 0 Å². The van der Waals surface area contributed by atoms with Crippen LogP contribution in [0.3, 0.4) is 0 Å². The van der Waals surface area contributed by atoms with Crippen LogP contribution < -0.4 is 0 Å². The van der Waals surface area contributed by atoms with E-state index >= 15 is 0 Å². The second-order valence-electron chi connectivity index (χ2n) is 1.44. The monoisotopic (exact) mass is 251 g/mol. The van der Waals surface area contributed by atoms with E-state index < -0.39 is 12.4 Å². The SMILES string of the molecule is Cl.[O]=[Cr](=[O])([OH])[Cl].c1ccncc1. The summed E-state index contributed by atoms with van der Waals surface area (Å²) in [5, 5.41) is 0. The fraction of sp³-hybridized carbons (Fsp3) is 0. The predicted octanol–water partition coefficient (Wildman–Crippen LogP) is 1.40. The molecule has 0 aliphatic heterocycles. The molecule has 1 aromatic heterocycles. The Morgan fingerprint density at radius 2 is 1.50 bits per heavy atom. The first-order valence-corrected chi connectivity index (χ1v) is 5.89. The van der Waals surface area contributed by atoms with Gasteiger partial charge in [-0.15, -0.1) is 12.4 Å². The van der Waals surface area contributed by atoms with Gasteiger partial charge in [-0.2, -0.15) is 0 Å². The average molecular weight is 252 g/mol. The summed E-state index contributed by atoms with van der Waals surface area (Å²) in [7, 11) is 4.13. The molecule has 12 heavy (non-hydrogen) atoms. The van der Waals surface area contributed by atoms with Crippen molar-refractivity contribution in [2.24, 2.45) is 0 Å². The summed E-state index contributed by atoms with van der Waals surface area (Å²) >= 11 is -4.78. The summed E-state index contributed by atoms with van der Waals surface area (Å²) in [4.78, 5) is 3.78. The van der Waals surface area contributed by atoms with Crippen molar-refractivity contribution in [1.29, 1.82) is 0 Å². The molecular weight excluding hydrogens is 245 g/mol. The van der Waals surface area contributed by atoms with Crippen LogP contribution in [0.15, 0.2) is 30.6 Å². The topological polar surface area (TPSA) is 67.3 Å². The number of aromatic nitrogens is 1. The molecule has 1 aromatic rings. The maximum Gasteiger partial charge on any atom is 0.0267 e. The molecule has 0 saturated carbocycles. The third kappa shape index (κ3) is 22.6. The van der Waals surface area contributed by atoms with E-state index in [1.165, 1.54) is 0 Å². The minimum absolute atomic E-state index is 0. The Bertz CT molecular complexity index is 241. The first-order chi connectivity index (χ1) is 5.00. The van der Waals surface area contributed by atoms with E-state index in [2.05, 4.69) is 15.0 Å². The van der Waals surface area contributed by atoms with Crippen LogP contribution in [0, 0.1) is 0 Å². The van der Waals surface area contributed by atoms with Gasteiger partial charge in [0.1, 0.15) is 0 Å². The molecule has 0 amide bonds. The molecule has 0 atom stereocenters. The van der Waals surface area contributed by atoms with Crippen molar-refractivity contribution in [3.05, 3.63) is 30.6 Å². The number of rotatable bonds is 0. The zero-order chi connectivity index (χ0) is 8.74. The molecule has 0 unspecified atom stereocenters. The first-order valence-electron chi connectivity index (χ1n) is 2.52. The Morgan fingerprint density at radius 1 is 1.17 bits per heavy atom. The summed E-state index contributed by atoms with van der Waals surface area (Å²) in [5.41, 5.74) is 0. The minimum Gasteiger partial charge on any atom is -0.265 e. The van der Waals surface area contributed by atoms with E-state index in [9.17, 15) is 0 Å². The number of nitrogens with zero attached hydrogens (tertiary/aromatic N) is 1. The molecule has 1 heterocycles. The van der Waals surface area contributed by atoms with Crippen molar-refractivity contribution >= 4 is 22.5 Å². The molecule has 0 spiro atoms. The summed E-state index contributed by atoms with van der Waals surface area (Å²) in [6.45, 7) is 0. The second kappa shape index (κ2) is 7.47. The van der Waals surface area contributed by atoms with Crippen molar-refractivity contribution in [3.63, 3.8) is 0 Å². The summed E-state index contributed by atoms with van der Waals surface area (Å²) in [6.07, 6.45) is 3.50. The predicted molar refractivity (Wildman–Crippen MR) is 40.9 cm³/mol. The molecule has 0 aromatic carbocycles. The standard InChI is InChI=1S/C5H5N.2ClH.Cr.H2O.2O/c1-2-4-6-5-3-1;;;;;;/h1-5H;2*1H;;1H2;;/q;;;+2;;;/p-2. The number of pyridine rings is 1. The normalized spacial score (nSPS) is 8.83. The average Bonchev–Trinajstić information content (AvgIpc) is 1.88. The van der Waals surface area contributed by atoms with Crippen molar-refractivity contribution < 1.29 is 24.1 Å². The quantitative estimate of drug-likeness (QED) is 0.757. The van der Waals surface area contributed by atoms with Gasteiger partial charge in [0.25, 0.3) is 0 Å². The molecule has 0 radical (unpaired) electrons. The maximum absolute atomic E-state index is 9.03. The van der Waals surface area contributed by atoms with Gasteiger partial charge < -0.3 is 0 Å². The van der Waals surface area contributed by atoms with E-state index in [-0.39, 0.29) is 12.4 Å². The fourth-order valence-electron chi connectivity index (χ4n) is 0.313. The van der Waals surface area contributed by atoms with Crippen molar-refractivity contribution in [1.82, 2.24) is 4.98 Å². The van der Waals surface area contributed by atoms with Gasteiger partial charge in [-0.05, 0) is 12.1 Å². The Kier molecular flexibility index (Phi) is 8.93. The molecule has 4 nitrogen and oxygen atoms in total. The van der Waals surface area contributed by atoms with Crippen LogP contribution in [0.5, 0.6) is 0 Å². The Morgan fingerprint density at radius 3 is 1.58 bits per heavy atom. The molecule has 7 heteroatoms. The molecule has 0 aliphatic rings. The minimum atomic E-state index is -4.78. The summed E-state index contributed by atoms with van der Waals surface area (Å²) < 4.78 is 25.4. The van der Waals surface area contributed by atoms with E-state index in [0.29, 0.717) is 0 Å². The van der Waals surface area contributed by atoms with Gasteiger partial charge in [0.05, 0.1) is 0 Å². The van der Waals surface area contributed by atoms with Crippen molar-refractivity contribution in [2.45, 2.75) is 0 Å². The van der Waals surface area contributed by atoms with Crippen LogP contribution in [-0.2, 0) is 20.0 Å². The molecule has 0 saturated heterocycles. The van der Waals surface area contributed by atoms with Crippen LogP contribution in [-0.4, -0.2) is 9.14 Å². The number of halogens is 2. The molecule has 0 aliphatic carbocycles. The smallest absolute Gasteiger partial charge is 0.0267 e.